The molecule has 106 valence electrons. The van der Waals surface area contributed by atoms with Crippen LogP contribution in [0.2, 0.25) is 0 Å². The molecule has 5 heteroatoms. The molecule has 1 heterocycles. The topological polar surface area (TPSA) is 66.4 Å². The van der Waals surface area contributed by atoms with Crippen LogP contribution in [0, 0.1) is 6.92 Å². The Labute approximate surface area is 114 Å². The Bertz CT molecular complexity index is 540. The Hall–Kier alpha value is -1.07. The van der Waals surface area contributed by atoms with E-state index in [4.69, 9.17) is 0 Å². The number of hydrogen-bond donors (Lipinski definition) is 2. The monoisotopic (exact) mass is 283 g/mol. The Kier molecular flexibility index (Phi) is 4.16. The molecule has 1 aliphatic heterocycles. The number of sulfone groups is 1. The fraction of sp³-hybridized carbons (Fsp3) is 0.571. The number of phenolic OH excluding ortho intramolecular Hbond substituents is 1. The van der Waals surface area contributed by atoms with E-state index in [1.807, 2.05) is 26.0 Å². The van der Waals surface area contributed by atoms with E-state index in [2.05, 4.69) is 5.32 Å². The third kappa shape index (κ3) is 3.70. The fourth-order valence-corrected chi connectivity index (χ4v) is 4.01. The highest BCUT2D eigenvalue weighted by atomic mass is 32.2. The second-order valence-corrected chi connectivity index (χ2v) is 7.68. The highest BCUT2D eigenvalue weighted by molar-refractivity contribution is 7.91. The average molecular weight is 283 g/mol. The number of aryl methyl sites for hydroxylation is 1. The molecule has 2 N–H and O–H groups in total. The largest absolute Gasteiger partial charge is 0.508 e. The first-order valence-electron chi connectivity index (χ1n) is 6.63. The predicted octanol–water partition coefficient (Wildman–Crippen LogP) is 1.93. The lowest BCUT2D eigenvalue weighted by Crippen LogP contribution is -2.38. The summed E-state index contributed by atoms with van der Waals surface area (Å²) in [5.74, 6) is 0.808. The number of nitrogens with one attached hydrogen (secondary N) is 1. The smallest absolute Gasteiger partial charge is 0.150 e. The van der Waals surface area contributed by atoms with Crippen LogP contribution in [0.3, 0.4) is 0 Å². The highest BCUT2D eigenvalue weighted by Gasteiger charge is 2.25. The summed E-state index contributed by atoms with van der Waals surface area (Å²) < 4.78 is 22.8. The number of aromatic hydroxyl groups is 1. The third-order valence-corrected chi connectivity index (χ3v) is 5.41. The fourth-order valence-electron chi connectivity index (χ4n) is 2.52. The minimum Gasteiger partial charge on any atom is -0.508 e. The van der Waals surface area contributed by atoms with Crippen LogP contribution in [0.4, 0.5) is 0 Å². The predicted molar refractivity (Wildman–Crippen MR) is 76.1 cm³/mol. The van der Waals surface area contributed by atoms with Crippen LogP contribution in [0.5, 0.6) is 5.75 Å². The summed E-state index contributed by atoms with van der Waals surface area (Å²) in [5.41, 5.74) is 1.97. The first-order chi connectivity index (χ1) is 8.87. The van der Waals surface area contributed by atoms with Crippen molar-refractivity contribution in [2.24, 2.45) is 0 Å². The Balaban J connectivity index is 2.01. The van der Waals surface area contributed by atoms with Crippen LogP contribution in [-0.2, 0) is 9.84 Å². The van der Waals surface area contributed by atoms with Crippen molar-refractivity contribution in [1.82, 2.24) is 5.32 Å². The maximum atomic E-state index is 11.4. The zero-order valence-electron chi connectivity index (χ0n) is 11.4. The zero-order valence-corrected chi connectivity index (χ0v) is 12.2. The van der Waals surface area contributed by atoms with Gasteiger partial charge in [-0.3, -0.25) is 0 Å². The summed E-state index contributed by atoms with van der Waals surface area (Å²) in [7, 11) is -2.82. The lowest BCUT2D eigenvalue weighted by molar-refractivity contribution is 0.403. The number of benzene rings is 1. The van der Waals surface area contributed by atoms with Gasteiger partial charge in [-0.2, -0.15) is 0 Å². The normalized spacial score (nSPS) is 21.2. The van der Waals surface area contributed by atoms with Gasteiger partial charge in [-0.15, -0.1) is 0 Å². The molecular formula is C14H21NO3S. The first-order valence-corrected chi connectivity index (χ1v) is 8.45. The van der Waals surface area contributed by atoms with Crippen LogP contribution in [0.25, 0.3) is 0 Å². The number of hydrogen-bond acceptors (Lipinski definition) is 4. The van der Waals surface area contributed by atoms with E-state index >= 15 is 0 Å². The first kappa shape index (κ1) is 14.3. The van der Waals surface area contributed by atoms with Crippen molar-refractivity contribution in [2.75, 3.05) is 11.5 Å². The van der Waals surface area contributed by atoms with Crippen molar-refractivity contribution in [3.63, 3.8) is 0 Å². The molecular weight excluding hydrogens is 262 g/mol. The standard InChI is InChI=1S/C14H21NO3S/c1-10-3-4-14(16)13(9-10)11(2)15-12-5-7-19(17,18)8-6-12/h3-4,9,11-12,15-16H,5-8H2,1-2H3. The molecule has 19 heavy (non-hydrogen) atoms. The molecule has 0 radical (unpaired) electrons. The molecule has 4 nitrogen and oxygen atoms in total. The highest BCUT2D eigenvalue weighted by Crippen LogP contribution is 2.26. The van der Waals surface area contributed by atoms with Gasteiger partial charge in [0, 0.05) is 17.6 Å². The molecule has 1 fully saturated rings. The molecule has 0 spiro atoms. The van der Waals surface area contributed by atoms with Gasteiger partial charge in [0.05, 0.1) is 11.5 Å². The Morgan fingerprint density at radius 1 is 1.32 bits per heavy atom. The van der Waals surface area contributed by atoms with Crippen molar-refractivity contribution in [1.29, 1.82) is 0 Å². The number of phenols is 1. The molecule has 1 aromatic carbocycles. The van der Waals surface area contributed by atoms with Crippen LogP contribution < -0.4 is 5.32 Å². The molecule has 0 bridgehead atoms. The van der Waals surface area contributed by atoms with Crippen molar-refractivity contribution >= 4 is 9.84 Å². The van der Waals surface area contributed by atoms with Crippen LogP contribution >= 0.6 is 0 Å². The Morgan fingerprint density at radius 2 is 1.95 bits per heavy atom. The lowest BCUT2D eigenvalue weighted by atomic mass is 10.0. The minimum absolute atomic E-state index is 0.0192. The molecule has 1 atom stereocenters. The summed E-state index contributed by atoms with van der Waals surface area (Å²) in [6.07, 6.45) is 1.30. The maximum absolute atomic E-state index is 11.4. The second kappa shape index (κ2) is 5.51. The van der Waals surface area contributed by atoms with Crippen LogP contribution in [-0.4, -0.2) is 31.1 Å². The summed E-state index contributed by atoms with van der Waals surface area (Å²) in [6, 6.07) is 5.77. The SMILES string of the molecule is Cc1ccc(O)c(C(C)NC2CCS(=O)(=O)CC2)c1. The quantitative estimate of drug-likeness (QED) is 0.889. The molecule has 1 aliphatic rings. The molecule has 0 aromatic heterocycles. The van der Waals surface area contributed by atoms with E-state index in [1.54, 1.807) is 6.07 Å². The van der Waals surface area contributed by atoms with E-state index in [0.717, 1.165) is 11.1 Å². The lowest BCUT2D eigenvalue weighted by Gasteiger charge is -2.27. The molecule has 1 saturated heterocycles. The van der Waals surface area contributed by atoms with Gasteiger partial charge >= 0.3 is 0 Å². The molecule has 1 aromatic rings. The summed E-state index contributed by atoms with van der Waals surface area (Å²) in [6.45, 7) is 3.99. The van der Waals surface area contributed by atoms with Gasteiger partial charge in [0.25, 0.3) is 0 Å². The summed E-state index contributed by atoms with van der Waals surface area (Å²) in [4.78, 5) is 0. The van der Waals surface area contributed by atoms with Gasteiger partial charge in [0.1, 0.15) is 15.6 Å². The third-order valence-electron chi connectivity index (χ3n) is 3.69. The molecule has 0 saturated carbocycles. The van der Waals surface area contributed by atoms with E-state index < -0.39 is 9.84 Å². The van der Waals surface area contributed by atoms with Gasteiger partial charge in [0.2, 0.25) is 0 Å². The molecule has 2 rings (SSSR count). The summed E-state index contributed by atoms with van der Waals surface area (Å²) in [5, 5.41) is 13.3. The van der Waals surface area contributed by atoms with Gasteiger partial charge in [-0.25, -0.2) is 8.42 Å². The second-order valence-electron chi connectivity index (χ2n) is 5.38. The number of rotatable bonds is 3. The van der Waals surface area contributed by atoms with Gasteiger partial charge in [-0.1, -0.05) is 17.7 Å². The van der Waals surface area contributed by atoms with Gasteiger partial charge in [-0.05, 0) is 32.8 Å². The molecule has 1 unspecified atom stereocenters. The molecule has 0 amide bonds. The van der Waals surface area contributed by atoms with E-state index in [9.17, 15) is 13.5 Å². The minimum atomic E-state index is -2.82. The average Bonchev–Trinajstić information content (AvgIpc) is 2.35. The maximum Gasteiger partial charge on any atom is 0.150 e. The van der Waals surface area contributed by atoms with Crippen LogP contribution in [0.15, 0.2) is 18.2 Å². The van der Waals surface area contributed by atoms with Crippen LogP contribution in [0.1, 0.15) is 36.9 Å². The van der Waals surface area contributed by atoms with Gasteiger partial charge in [0.15, 0.2) is 0 Å². The Morgan fingerprint density at radius 3 is 2.58 bits per heavy atom. The zero-order chi connectivity index (χ0) is 14.0. The van der Waals surface area contributed by atoms with Crippen molar-refractivity contribution in [3.8, 4) is 5.75 Å². The van der Waals surface area contributed by atoms with E-state index in [1.165, 1.54) is 0 Å². The van der Waals surface area contributed by atoms with E-state index in [0.29, 0.717) is 12.8 Å². The van der Waals surface area contributed by atoms with Crippen molar-refractivity contribution in [2.45, 2.75) is 38.8 Å². The molecule has 0 aliphatic carbocycles. The summed E-state index contributed by atoms with van der Waals surface area (Å²) >= 11 is 0. The van der Waals surface area contributed by atoms with E-state index in [-0.39, 0.29) is 29.3 Å². The van der Waals surface area contributed by atoms with Crippen molar-refractivity contribution < 1.29 is 13.5 Å². The van der Waals surface area contributed by atoms with Crippen molar-refractivity contribution in [3.05, 3.63) is 29.3 Å². The van der Waals surface area contributed by atoms with Gasteiger partial charge < -0.3 is 10.4 Å².